The van der Waals surface area contributed by atoms with E-state index < -0.39 is 0 Å². The Kier molecular flexibility index (Phi) is 12.6. The quantitative estimate of drug-likeness (QED) is 0.344. The van der Waals surface area contributed by atoms with Crippen molar-refractivity contribution in [3.8, 4) is 0 Å². The van der Waals surface area contributed by atoms with Crippen LogP contribution in [0.15, 0.2) is 4.99 Å². The minimum Gasteiger partial charge on any atom is -0.379 e. The summed E-state index contributed by atoms with van der Waals surface area (Å²) in [5.74, 6) is 2.22. The third-order valence-electron chi connectivity index (χ3n) is 3.67. The Morgan fingerprint density at radius 3 is 2.68 bits per heavy atom. The van der Waals surface area contributed by atoms with Gasteiger partial charge in [0.15, 0.2) is 5.96 Å². The lowest BCUT2D eigenvalue weighted by Gasteiger charge is -2.26. The van der Waals surface area contributed by atoms with Crippen LogP contribution in [0.3, 0.4) is 0 Å². The van der Waals surface area contributed by atoms with Crippen molar-refractivity contribution in [2.75, 3.05) is 64.5 Å². The summed E-state index contributed by atoms with van der Waals surface area (Å²) < 4.78 is 5.37. The van der Waals surface area contributed by atoms with E-state index in [4.69, 9.17) is 4.74 Å². The van der Waals surface area contributed by atoms with E-state index >= 15 is 0 Å². The van der Waals surface area contributed by atoms with E-state index in [0.717, 1.165) is 58.3 Å². The molecule has 1 fully saturated rings. The highest BCUT2D eigenvalue weighted by atomic mass is 32.2. The van der Waals surface area contributed by atoms with Crippen LogP contribution in [-0.4, -0.2) is 75.4 Å². The summed E-state index contributed by atoms with van der Waals surface area (Å²) in [6, 6.07) is 0. The number of hydrogen-bond donors (Lipinski definition) is 2. The molecule has 0 aliphatic carbocycles. The van der Waals surface area contributed by atoms with Gasteiger partial charge in [-0.1, -0.05) is 0 Å². The second-order valence-electron chi connectivity index (χ2n) is 5.55. The molecule has 0 amide bonds. The van der Waals surface area contributed by atoms with Gasteiger partial charge in [0.25, 0.3) is 0 Å². The van der Waals surface area contributed by atoms with Crippen molar-refractivity contribution in [3.63, 3.8) is 0 Å². The highest BCUT2D eigenvalue weighted by molar-refractivity contribution is 7.98. The van der Waals surface area contributed by atoms with Crippen LogP contribution in [0.5, 0.6) is 0 Å². The molecule has 5 nitrogen and oxygen atoms in total. The maximum atomic E-state index is 5.37. The van der Waals surface area contributed by atoms with Gasteiger partial charge in [-0.05, 0) is 51.2 Å². The molecule has 1 rings (SSSR count). The Hall–Kier alpha value is -0.460. The first-order valence-corrected chi connectivity index (χ1v) is 10.1. The molecule has 0 aromatic carbocycles. The molecule has 0 unspecified atom stereocenters. The predicted molar refractivity (Wildman–Crippen MR) is 98.1 cm³/mol. The highest BCUT2D eigenvalue weighted by Crippen LogP contribution is 2.00. The first kappa shape index (κ1) is 19.6. The van der Waals surface area contributed by atoms with E-state index in [0.29, 0.717) is 0 Å². The van der Waals surface area contributed by atoms with Crippen LogP contribution in [0.2, 0.25) is 0 Å². The van der Waals surface area contributed by atoms with Crippen molar-refractivity contribution in [2.45, 2.75) is 32.6 Å². The number of nitrogens with one attached hydrogen (secondary N) is 2. The van der Waals surface area contributed by atoms with Crippen molar-refractivity contribution >= 4 is 17.7 Å². The number of hydrogen-bond acceptors (Lipinski definition) is 4. The van der Waals surface area contributed by atoms with Crippen LogP contribution in [0.1, 0.15) is 32.6 Å². The summed E-state index contributed by atoms with van der Waals surface area (Å²) >= 11 is 1.92. The average Bonchev–Trinajstić information content (AvgIpc) is 2.55. The topological polar surface area (TPSA) is 48.9 Å². The van der Waals surface area contributed by atoms with Gasteiger partial charge in [-0.2, -0.15) is 11.8 Å². The van der Waals surface area contributed by atoms with E-state index in [-0.39, 0.29) is 0 Å². The first-order valence-electron chi connectivity index (χ1n) is 8.68. The van der Waals surface area contributed by atoms with Gasteiger partial charge >= 0.3 is 0 Å². The van der Waals surface area contributed by atoms with Crippen LogP contribution >= 0.6 is 11.8 Å². The Bertz CT molecular complexity index is 283. The monoisotopic (exact) mass is 330 g/mol. The van der Waals surface area contributed by atoms with Crippen molar-refractivity contribution in [2.24, 2.45) is 4.99 Å². The smallest absolute Gasteiger partial charge is 0.191 e. The van der Waals surface area contributed by atoms with Crippen molar-refractivity contribution in [3.05, 3.63) is 0 Å². The minimum atomic E-state index is 0.892. The zero-order valence-electron chi connectivity index (χ0n) is 14.4. The van der Waals surface area contributed by atoms with Crippen molar-refractivity contribution in [1.29, 1.82) is 0 Å². The summed E-state index contributed by atoms with van der Waals surface area (Å²) in [5.41, 5.74) is 0. The zero-order valence-corrected chi connectivity index (χ0v) is 15.2. The molecule has 0 aromatic heterocycles. The number of unbranched alkanes of at least 4 members (excludes halogenated alkanes) is 2. The maximum absolute atomic E-state index is 5.37. The molecular weight excluding hydrogens is 296 g/mol. The SMILES string of the molecule is CCNC(=NCCCCN1CCOCC1)NCCCCSC. The Labute approximate surface area is 140 Å². The molecule has 1 aliphatic rings. The lowest BCUT2D eigenvalue weighted by atomic mass is 10.3. The molecule has 0 radical (unpaired) electrons. The van der Waals surface area contributed by atoms with Crippen LogP contribution < -0.4 is 10.6 Å². The molecule has 0 spiro atoms. The van der Waals surface area contributed by atoms with E-state index in [2.05, 4.69) is 33.7 Å². The van der Waals surface area contributed by atoms with Gasteiger partial charge in [-0.25, -0.2) is 0 Å². The molecule has 0 aromatic rings. The van der Waals surface area contributed by atoms with E-state index in [1.165, 1.54) is 31.6 Å². The fourth-order valence-electron chi connectivity index (χ4n) is 2.38. The fraction of sp³-hybridized carbons (Fsp3) is 0.938. The number of ether oxygens (including phenoxy) is 1. The average molecular weight is 331 g/mol. The summed E-state index contributed by atoms with van der Waals surface area (Å²) in [4.78, 5) is 7.15. The molecule has 2 N–H and O–H groups in total. The maximum Gasteiger partial charge on any atom is 0.191 e. The standard InChI is InChI=1S/C16H34N4OS/c1-3-17-16(19-9-5-7-15-22-2)18-8-4-6-10-20-11-13-21-14-12-20/h3-15H2,1-2H3,(H2,17,18,19). The second kappa shape index (κ2) is 14.2. The molecule has 1 saturated heterocycles. The second-order valence-corrected chi connectivity index (χ2v) is 6.53. The third kappa shape index (κ3) is 10.3. The Morgan fingerprint density at radius 1 is 1.14 bits per heavy atom. The van der Waals surface area contributed by atoms with Crippen LogP contribution in [0, 0.1) is 0 Å². The first-order chi connectivity index (χ1) is 10.9. The van der Waals surface area contributed by atoms with Crippen LogP contribution in [-0.2, 0) is 4.74 Å². The number of morpholine rings is 1. The Morgan fingerprint density at radius 2 is 1.95 bits per heavy atom. The molecule has 130 valence electrons. The number of guanidine groups is 1. The van der Waals surface area contributed by atoms with Gasteiger partial charge < -0.3 is 15.4 Å². The molecular formula is C16H34N4OS. The van der Waals surface area contributed by atoms with Crippen molar-refractivity contribution < 1.29 is 4.74 Å². The van der Waals surface area contributed by atoms with Gasteiger partial charge in [-0.15, -0.1) is 0 Å². The van der Waals surface area contributed by atoms with Crippen LogP contribution in [0.4, 0.5) is 0 Å². The largest absolute Gasteiger partial charge is 0.379 e. The van der Waals surface area contributed by atoms with Gasteiger partial charge in [-0.3, -0.25) is 9.89 Å². The summed E-state index contributed by atoms with van der Waals surface area (Å²) in [7, 11) is 0. The molecule has 0 bridgehead atoms. The van der Waals surface area contributed by atoms with Gasteiger partial charge in [0.1, 0.15) is 0 Å². The van der Waals surface area contributed by atoms with E-state index in [9.17, 15) is 0 Å². The third-order valence-corrected chi connectivity index (χ3v) is 4.36. The highest BCUT2D eigenvalue weighted by Gasteiger charge is 2.08. The molecule has 22 heavy (non-hydrogen) atoms. The van der Waals surface area contributed by atoms with Crippen molar-refractivity contribution in [1.82, 2.24) is 15.5 Å². The number of thioether (sulfide) groups is 1. The number of aliphatic imine (C=N–C) groups is 1. The fourth-order valence-corrected chi connectivity index (χ4v) is 2.88. The van der Waals surface area contributed by atoms with E-state index in [1.54, 1.807) is 0 Å². The molecule has 1 aliphatic heterocycles. The lowest BCUT2D eigenvalue weighted by Crippen LogP contribution is -2.38. The summed E-state index contributed by atoms with van der Waals surface area (Å²) in [6.45, 7) is 10.1. The van der Waals surface area contributed by atoms with Crippen LogP contribution in [0.25, 0.3) is 0 Å². The van der Waals surface area contributed by atoms with Gasteiger partial charge in [0.2, 0.25) is 0 Å². The summed E-state index contributed by atoms with van der Waals surface area (Å²) in [6.07, 6.45) is 7.02. The minimum absolute atomic E-state index is 0.892. The number of nitrogens with zero attached hydrogens (tertiary/aromatic N) is 2. The lowest BCUT2D eigenvalue weighted by molar-refractivity contribution is 0.0373. The molecule has 1 heterocycles. The van der Waals surface area contributed by atoms with Gasteiger partial charge in [0.05, 0.1) is 13.2 Å². The zero-order chi connectivity index (χ0) is 15.9. The Balaban J connectivity index is 2.07. The normalized spacial score (nSPS) is 16.7. The number of rotatable bonds is 11. The molecule has 0 saturated carbocycles. The predicted octanol–water partition coefficient (Wildman–Crippen LogP) is 1.80. The summed E-state index contributed by atoms with van der Waals surface area (Å²) in [5, 5.41) is 6.74. The van der Waals surface area contributed by atoms with E-state index in [1.807, 2.05) is 11.8 Å². The molecule has 6 heteroatoms. The molecule has 0 atom stereocenters. The van der Waals surface area contributed by atoms with Gasteiger partial charge in [0, 0.05) is 32.7 Å².